The number of nitrogens with one attached hydrogen (secondary N) is 1. The third kappa shape index (κ3) is 6.79. The van der Waals surface area contributed by atoms with Crippen LogP contribution in [0.5, 0.6) is 11.5 Å². The molecule has 0 atom stereocenters. The highest BCUT2D eigenvalue weighted by atomic mass is 16.5. The van der Waals surface area contributed by atoms with Crippen LogP contribution in [0.25, 0.3) is 0 Å². The van der Waals surface area contributed by atoms with Gasteiger partial charge in [0.15, 0.2) is 0 Å². The zero-order valence-corrected chi connectivity index (χ0v) is 16.0. The van der Waals surface area contributed by atoms with E-state index in [0.29, 0.717) is 32.6 Å². The summed E-state index contributed by atoms with van der Waals surface area (Å²) in [5, 5.41) is 2.89. The molecule has 0 bridgehead atoms. The number of carbonyl (C=O) groups is 1. The molecule has 2 aromatic rings. The lowest BCUT2D eigenvalue weighted by atomic mass is 9.86. The van der Waals surface area contributed by atoms with E-state index in [1.165, 1.54) is 5.56 Å². The minimum Gasteiger partial charge on any atom is -0.494 e. The number of carbonyl (C=O) groups excluding carboxylic acids is 1. The second kappa shape index (κ2) is 9.85. The summed E-state index contributed by atoms with van der Waals surface area (Å²) in [7, 11) is 0. The van der Waals surface area contributed by atoms with Crippen molar-refractivity contribution in [1.29, 1.82) is 0 Å². The molecule has 140 valence electrons. The maximum absolute atomic E-state index is 11.9. The van der Waals surface area contributed by atoms with Crippen LogP contribution in [-0.4, -0.2) is 25.7 Å². The molecule has 4 nitrogen and oxygen atoms in total. The maximum Gasteiger partial charge on any atom is 0.220 e. The van der Waals surface area contributed by atoms with Crippen molar-refractivity contribution in [2.24, 2.45) is 0 Å². The van der Waals surface area contributed by atoms with Gasteiger partial charge in [0.25, 0.3) is 0 Å². The molecule has 1 N–H and O–H groups in total. The molecule has 0 saturated carbocycles. The van der Waals surface area contributed by atoms with Crippen LogP contribution < -0.4 is 14.8 Å². The SMILES string of the molecule is CC(C)(C)c1ccccc1OCCNC(=O)CCCOc1ccccc1. The van der Waals surface area contributed by atoms with E-state index in [1.807, 2.05) is 48.5 Å². The molecule has 0 aromatic heterocycles. The molecule has 0 fully saturated rings. The lowest BCUT2D eigenvalue weighted by molar-refractivity contribution is -0.121. The summed E-state index contributed by atoms with van der Waals surface area (Å²) in [5.74, 6) is 1.73. The monoisotopic (exact) mass is 355 g/mol. The smallest absolute Gasteiger partial charge is 0.220 e. The number of hydrogen-bond donors (Lipinski definition) is 1. The minimum atomic E-state index is 0.0226. The number of para-hydroxylation sites is 2. The van der Waals surface area contributed by atoms with Crippen molar-refractivity contribution in [3.8, 4) is 11.5 Å². The number of ether oxygens (including phenoxy) is 2. The second-order valence-electron chi connectivity index (χ2n) is 7.21. The van der Waals surface area contributed by atoms with E-state index in [-0.39, 0.29) is 11.3 Å². The molecular weight excluding hydrogens is 326 g/mol. The quantitative estimate of drug-likeness (QED) is 0.681. The highest BCUT2D eigenvalue weighted by Gasteiger charge is 2.18. The predicted octanol–water partition coefficient (Wildman–Crippen LogP) is 4.34. The Morgan fingerprint density at radius 1 is 0.923 bits per heavy atom. The molecule has 0 aliphatic carbocycles. The van der Waals surface area contributed by atoms with Crippen molar-refractivity contribution in [2.75, 3.05) is 19.8 Å². The first-order valence-corrected chi connectivity index (χ1v) is 9.13. The molecule has 4 heteroatoms. The summed E-state index contributed by atoms with van der Waals surface area (Å²) in [5.41, 5.74) is 1.20. The Morgan fingerprint density at radius 2 is 1.62 bits per heavy atom. The van der Waals surface area contributed by atoms with Crippen LogP contribution >= 0.6 is 0 Å². The molecule has 0 aliphatic rings. The van der Waals surface area contributed by atoms with Crippen molar-refractivity contribution in [2.45, 2.75) is 39.0 Å². The number of benzene rings is 2. The van der Waals surface area contributed by atoms with Gasteiger partial charge in [0, 0.05) is 6.42 Å². The highest BCUT2D eigenvalue weighted by molar-refractivity contribution is 5.75. The van der Waals surface area contributed by atoms with Gasteiger partial charge in [0.1, 0.15) is 18.1 Å². The average Bonchev–Trinajstić information content (AvgIpc) is 2.63. The molecular formula is C22H29NO3. The van der Waals surface area contributed by atoms with Gasteiger partial charge in [-0.2, -0.15) is 0 Å². The highest BCUT2D eigenvalue weighted by Crippen LogP contribution is 2.30. The second-order valence-corrected chi connectivity index (χ2v) is 7.21. The summed E-state index contributed by atoms with van der Waals surface area (Å²) >= 11 is 0. The van der Waals surface area contributed by atoms with Gasteiger partial charge in [0.2, 0.25) is 5.91 Å². The zero-order chi connectivity index (χ0) is 18.8. The van der Waals surface area contributed by atoms with Gasteiger partial charge in [-0.3, -0.25) is 4.79 Å². The Kier molecular flexibility index (Phi) is 7.52. The Labute approximate surface area is 156 Å². The molecule has 0 spiro atoms. The van der Waals surface area contributed by atoms with Gasteiger partial charge in [0.05, 0.1) is 13.2 Å². The Hall–Kier alpha value is -2.49. The molecule has 0 heterocycles. The van der Waals surface area contributed by atoms with Crippen molar-refractivity contribution in [1.82, 2.24) is 5.32 Å². The molecule has 26 heavy (non-hydrogen) atoms. The molecule has 0 saturated heterocycles. The van der Waals surface area contributed by atoms with Crippen LogP contribution in [-0.2, 0) is 10.2 Å². The van der Waals surface area contributed by atoms with Crippen LogP contribution in [0.2, 0.25) is 0 Å². The first-order valence-electron chi connectivity index (χ1n) is 9.13. The fourth-order valence-corrected chi connectivity index (χ4v) is 2.59. The van der Waals surface area contributed by atoms with Crippen molar-refractivity contribution >= 4 is 5.91 Å². The molecule has 0 radical (unpaired) electrons. The lowest BCUT2D eigenvalue weighted by Crippen LogP contribution is -2.28. The van der Waals surface area contributed by atoms with Crippen LogP contribution in [0, 0.1) is 0 Å². The fourth-order valence-electron chi connectivity index (χ4n) is 2.59. The van der Waals surface area contributed by atoms with Gasteiger partial charge in [-0.25, -0.2) is 0 Å². The normalized spacial score (nSPS) is 11.0. The van der Waals surface area contributed by atoms with Gasteiger partial charge in [-0.05, 0) is 35.6 Å². The van der Waals surface area contributed by atoms with Crippen LogP contribution in [0.15, 0.2) is 54.6 Å². The van der Waals surface area contributed by atoms with E-state index in [1.54, 1.807) is 0 Å². The summed E-state index contributed by atoms with van der Waals surface area (Å²) in [4.78, 5) is 11.9. The number of hydrogen-bond acceptors (Lipinski definition) is 3. The molecule has 2 rings (SSSR count). The lowest BCUT2D eigenvalue weighted by Gasteiger charge is -2.22. The van der Waals surface area contributed by atoms with Crippen LogP contribution in [0.3, 0.4) is 0 Å². The van der Waals surface area contributed by atoms with E-state index in [0.717, 1.165) is 11.5 Å². The molecule has 2 aromatic carbocycles. The predicted molar refractivity (Wildman–Crippen MR) is 105 cm³/mol. The summed E-state index contributed by atoms with van der Waals surface area (Å²) < 4.78 is 11.4. The van der Waals surface area contributed by atoms with Gasteiger partial charge in [-0.15, -0.1) is 0 Å². The van der Waals surface area contributed by atoms with Crippen molar-refractivity contribution in [3.05, 3.63) is 60.2 Å². The maximum atomic E-state index is 11.9. The third-order valence-electron chi connectivity index (χ3n) is 3.94. The van der Waals surface area contributed by atoms with Gasteiger partial charge >= 0.3 is 0 Å². The number of rotatable bonds is 9. The Bertz CT molecular complexity index is 677. The zero-order valence-electron chi connectivity index (χ0n) is 16.0. The van der Waals surface area contributed by atoms with E-state index < -0.39 is 0 Å². The standard InChI is InChI=1S/C22H29NO3/c1-22(2,3)19-12-7-8-13-20(19)26-17-15-23-21(24)14-9-16-25-18-10-5-4-6-11-18/h4-8,10-13H,9,14-17H2,1-3H3,(H,23,24). The van der Waals surface area contributed by atoms with Crippen molar-refractivity contribution < 1.29 is 14.3 Å². The average molecular weight is 355 g/mol. The summed E-state index contributed by atoms with van der Waals surface area (Å²) in [6, 6.07) is 17.7. The molecule has 0 aliphatic heterocycles. The van der Waals surface area contributed by atoms with E-state index in [9.17, 15) is 4.79 Å². The Morgan fingerprint density at radius 3 is 2.35 bits per heavy atom. The van der Waals surface area contributed by atoms with Crippen LogP contribution in [0.1, 0.15) is 39.2 Å². The third-order valence-corrected chi connectivity index (χ3v) is 3.94. The summed E-state index contributed by atoms with van der Waals surface area (Å²) in [6.45, 7) is 7.97. The number of amides is 1. The molecule has 1 amide bonds. The van der Waals surface area contributed by atoms with Crippen molar-refractivity contribution in [3.63, 3.8) is 0 Å². The van der Waals surface area contributed by atoms with Gasteiger partial charge in [-0.1, -0.05) is 57.2 Å². The van der Waals surface area contributed by atoms with Crippen LogP contribution in [0.4, 0.5) is 0 Å². The first kappa shape index (κ1) is 19.8. The fraction of sp³-hybridized carbons (Fsp3) is 0.409. The topological polar surface area (TPSA) is 47.6 Å². The minimum absolute atomic E-state index is 0.0226. The largest absolute Gasteiger partial charge is 0.494 e. The van der Waals surface area contributed by atoms with E-state index in [4.69, 9.17) is 9.47 Å². The summed E-state index contributed by atoms with van der Waals surface area (Å²) in [6.07, 6.45) is 1.14. The van der Waals surface area contributed by atoms with E-state index in [2.05, 4.69) is 32.2 Å². The Balaban J connectivity index is 1.62. The first-order chi connectivity index (χ1) is 12.5. The van der Waals surface area contributed by atoms with Gasteiger partial charge < -0.3 is 14.8 Å². The molecule has 0 unspecified atom stereocenters. The van der Waals surface area contributed by atoms with E-state index >= 15 is 0 Å².